The van der Waals surface area contributed by atoms with Gasteiger partial charge in [-0.05, 0) is 36.8 Å². The highest BCUT2D eigenvalue weighted by Crippen LogP contribution is 2.11. The Morgan fingerprint density at radius 1 is 1.22 bits per heavy atom. The number of carbonyl (C=O) groups excluding carboxylic acids is 2. The molecule has 0 aliphatic carbocycles. The normalized spacial score (nSPS) is 10.3. The molecule has 0 atom stereocenters. The Labute approximate surface area is 140 Å². The molecule has 0 aliphatic heterocycles. The Hall–Kier alpha value is -2.21. The summed E-state index contributed by atoms with van der Waals surface area (Å²) in [6, 6.07) is 11.2. The summed E-state index contributed by atoms with van der Waals surface area (Å²) in [6.45, 7) is 2.40. The standard InChI is InChI=1S/C17H20N2O3S/c1-13-5-3-6-14(9-13)18-16(20)11-23-12-17(21)19(2)10-15-7-4-8-22-15/h3-9H,10-12H2,1-2H3,(H,18,20). The van der Waals surface area contributed by atoms with Crippen molar-refractivity contribution < 1.29 is 14.0 Å². The summed E-state index contributed by atoms with van der Waals surface area (Å²) in [5, 5.41) is 2.82. The Bertz CT molecular complexity index is 656. The lowest BCUT2D eigenvalue weighted by atomic mass is 10.2. The quantitative estimate of drug-likeness (QED) is 0.847. The van der Waals surface area contributed by atoms with Crippen molar-refractivity contribution in [3.8, 4) is 0 Å². The first-order valence-electron chi connectivity index (χ1n) is 7.25. The Balaban J connectivity index is 1.69. The minimum absolute atomic E-state index is 0.0326. The van der Waals surface area contributed by atoms with Crippen molar-refractivity contribution in [2.75, 3.05) is 23.9 Å². The first kappa shape index (κ1) is 17.1. The number of hydrogen-bond acceptors (Lipinski definition) is 4. The summed E-state index contributed by atoms with van der Waals surface area (Å²) in [5.74, 6) is 1.10. The molecule has 0 fully saturated rings. The van der Waals surface area contributed by atoms with Crippen molar-refractivity contribution in [1.29, 1.82) is 0 Å². The summed E-state index contributed by atoms with van der Waals surface area (Å²) >= 11 is 1.30. The molecule has 1 aromatic carbocycles. The SMILES string of the molecule is Cc1cccc(NC(=O)CSCC(=O)N(C)Cc2ccco2)c1. The average Bonchev–Trinajstić information content (AvgIpc) is 3.00. The van der Waals surface area contributed by atoms with E-state index in [0.717, 1.165) is 17.0 Å². The van der Waals surface area contributed by atoms with E-state index in [0.29, 0.717) is 6.54 Å². The van der Waals surface area contributed by atoms with Gasteiger partial charge in [0.25, 0.3) is 0 Å². The van der Waals surface area contributed by atoms with Crippen LogP contribution in [0.4, 0.5) is 5.69 Å². The van der Waals surface area contributed by atoms with Crippen LogP contribution in [0.15, 0.2) is 47.1 Å². The van der Waals surface area contributed by atoms with Crippen molar-refractivity contribution in [1.82, 2.24) is 4.90 Å². The number of furan rings is 1. The first-order valence-corrected chi connectivity index (χ1v) is 8.40. The molecule has 0 radical (unpaired) electrons. The molecule has 0 saturated carbocycles. The van der Waals surface area contributed by atoms with Crippen LogP contribution >= 0.6 is 11.8 Å². The second-order valence-corrected chi connectivity index (χ2v) is 6.23. The summed E-state index contributed by atoms with van der Waals surface area (Å²) in [6.07, 6.45) is 1.58. The zero-order valence-corrected chi connectivity index (χ0v) is 14.1. The highest BCUT2D eigenvalue weighted by molar-refractivity contribution is 8.00. The van der Waals surface area contributed by atoms with E-state index in [1.54, 1.807) is 24.3 Å². The van der Waals surface area contributed by atoms with Gasteiger partial charge in [-0.2, -0.15) is 0 Å². The van der Waals surface area contributed by atoms with E-state index >= 15 is 0 Å². The van der Waals surface area contributed by atoms with Crippen molar-refractivity contribution in [3.05, 3.63) is 54.0 Å². The largest absolute Gasteiger partial charge is 0.467 e. The van der Waals surface area contributed by atoms with E-state index in [2.05, 4.69) is 5.32 Å². The van der Waals surface area contributed by atoms with Crippen molar-refractivity contribution in [2.24, 2.45) is 0 Å². The van der Waals surface area contributed by atoms with Crippen LogP contribution in [0.3, 0.4) is 0 Å². The fourth-order valence-electron chi connectivity index (χ4n) is 1.99. The third-order valence-electron chi connectivity index (χ3n) is 3.16. The molecule has 1 aromatic heterocycles. The van der Waals surface area contributed by atoms with Crippen molar-refractivity contribution in [2.45, 2.75) is 13.5 Å². The van der Waals surface area contributed by atoms with Crippen LogP contribution in [-0.2, 0) is 16.1 Å². The molecule has 0 bridgehead atoms. The smallest absolute Gasteiger partial charge is 0.234 e. The van der Waals surface area contributed by atoms with E-state index in [1.165, 1.54) is 11.8 Å². The lowest BCUT2D eigenvalue weighted by Gasteiger charge is -2.15. The number of thioether (sulfide) groups is 1. The molecule has 6 heteroatoms. The van der Waals surface area contributed by atoms with Gasteiger partial charge in [0, 0.05) is 12.7 Å². The van der Waals surface area contributed by atoms with Crippen molar-refractivity contribution >= 4 is 29.3 Å². The van der Waals surface area contributed by atoms with Gasteiger partial charge in [0.15, 0.2) is 0 Å². The fraction of sp³-hybridized carbons (Fsp3) is 0.294. The maximum Gasteiger partial charge on any atom is 0.234 e. The van der Waals surface area contributed by atoms with Gasteiger partial charge in [-0.1, -0.05) is 12.1 Å². The zero-order chi connectivity index (χ0) is 16.7. The van der Waals surface area contributed by atoms with Gasteiger partial charge in [-0.3, -0.25) is 9.59 Å². The van der Waals surface area contributed by atoms with Gasteiger partial charge >= 0.3 is 0 Å². The van der Waals surface area contributed by atoms with E-state index in [9.17, 15) is 9.59 Å². The van der Waals surface area contributed by atoms with Crippen LogP contribution in [0.25, 0.3) is 0 Å². The molecule has 0 aliphatic rings. The van der Waals surface area contributed by atoms with Gasteiger partial charge in [0.1, 0.15) is 5.76 Å². The first-order chi connectivity index (χ1) is 11.0. The number of nitrogens with zero attached hydrogens (tertiary/aromatic N) is 1. The molecule has 2 aromatic rings. The average molecular weight is 332 g/mol. The molecule has 122 valence electrons. The van der Waals surface area contributed by atoms with Crippen LogP contribution in [0.1, 0.15) is 11.3 Å². The molecule has 0 unspecified atom stereocenters. The number of hydrogen-bond donors (Lipinski definition) is 1. The number of aryl methyl sites for hydroxylation is 1. The Morgan fingerprint density at radius 3 is 2.74 bits per heavy atom. The van der Waals surface area contributed by atoms with Gasteiger partial charge in [-0.15, -0.1) is 11.8 Å². The molecule has 2 amide bonds. The maximum atomic E-state index is 12.0. The minimum Gasteiger partial charge on any atom is -0.467 e. The topological polar surface area (TPSA) is 62.6 Å². The predicted molar refractivity (Wildman–Crippen MR) is 92.3 cm³/mol. The van der Waals surface area contributed by atoms with E-state index < -0.39 is 0 Å². The van der Waals surface area contributed by atoms with Crippen LogP contribution in [0.2, 0.25) is 0 Å². The maximum absolute atomic E-state index is 12.0. The molecule has 1 N–H and O–H groups in total. The highest BCUT2D eigenvalue weighted by atomic mass is 32.2. The van der Waals surface area contributed by atoms with E-state index in [4.69, 9.17) is 4.42 Å². The third-order valence-corrected chi connectivity index (χ3v) is 4.08. The molecule has 0 saturated heterocycles. The molecule has 1 heterocycles. The summed E-state index contributed by atoms with van der Waals surface area (Å²) < 4.78 is 5.21. The summed E-state index contributed by atoms with van der Waals surface area (Å²) in [7, 11) is 1.72. The predicted octanol–water partition coefficient (Wildman–Crippen LogP) is 2.92. The monoisotopic (exact) mass is 332 g/mol. The minimum atomic E-state index is -0.109. The van der Waals surface area contributed by atoms with Crippen LogP contribution in [-0.4, -0.2) is 35.3 Å². The number of rotatable bonds is 7. The van der Waals surface area contributed by atoms with Crippen LogP contribution in [0, 0.1) is 6.92 Å². The molecule has 23 heavy (non-hydrogen) atoms. The fourth-order valence-corrected chi connectivity index (χ4v) is 2.74. The molecule has 2 rings (SSSR count). The third kappa shape index (κ3) is 5.83. The zero-order valence-electron chi connectivity index (χ0n) is 13.2. The second kappa shape index (κ2) is 8.43. The van der Waals surface area contributed by atoms with Gasteiger partial charge in [0.2, 0.25) is 11.8 Å². The number of benzene rings is 1. The van der Waals surface area contributed by atoms with Crippen molar-refractivity contribution in [3.63, 3.8) is 0 Å². The highest BCUT2D eigenvalue weighted by Gasteiger charge is 2.12. The number of anilines is 1. The Morgan fingerprint density at radius 2 is 2.04 bits per heavy atom. The van der Waals surface area contributed by atoms with Gasteiger partial charge < -0.3 is 14.6 Å². The summed E-state index contributed by atoms with van der Waals surface area (Å²) in [5.41, 5.74) is 1.86. The molecule has 5 nitrogen and oxygen atoms in total. The molecular weight excluding hydrogens is 312 g/mol. The van der Waals surface area contributed by atoms with E-state index in [1.807, 2.05) is 37.3 Å². The van der Waals surface area contributed by atoms with Gasteiger partial charge in [-0.25, -0.2) is 0 Å². The number of nitrogens with one attached hydrogen (secondary N) is 1. The summed E-state index contributed by atoms with van der Waals surface area (Å²) in [4.78, 5) is 25.4. The van der Waals surface area contributed by atoms with Gasteiger partial charge in [0.05, 0.1) is 24.3 Å². The second-order valence-electron chi connectivity index (χ2n) is 5.24. The van der Waals surface area contributed by atoms with Crippen LogP contribution < -0.4 is 5.32 Å². The van der Waals surface area contributed by atoms with E-state index in [-0.39, 0.29) is 23.3 Å². The number of amides is 2. The van der Waals surface area contributed by atoms with Crippen LogP contribution in [0.5, 0.6) is 0 Å². The Kier molecular flexibility index (Phi) is 6.29. The molecule has 0 spiro atoms. The number of carbonyl (C=O) groups is 2. The lowest BCUT2D eigenvalue weighted by molar-refractivity contribution is -0.127. The lowest BCUT2D eigenvalue weighted by Crippen LogP contribution is -2.28. The molecular formula is C17H20N2O3S.